The van der Waals surface area contributed by atoms with Gasteiger partial charge >= 0.3 is 0 Å². The van der Waals surface area contributed by atoms with Crippen LogP contribution in [-0.4, -0.2) is 31.7 Å². The highest BCUT2D eigenvalue weighted by molar-refractivity contribution is 6.35. The Bertz CT molecular complexity index is 508. The lowest BCUT2D eigenvalue weighted by atomic mass is 9.92. The molecule has 1 fully saturated rings. The molecular weight excluding hydrogens is 359 g/mol. The summed E-state index contributed by atoms with van der Waals surface area (Å²) in [5.74, 6) is 0.147. The van der Waals surface area contributed by atoms with Crippen molar-refractivity contribution in [2.24, 2.45) is 11.7 Å². The van der Waals surface area contributed by atoms with Gasteiger partial charge in [0.05, 0.1) is 6.04 Å². The summed E-state index contributed by atoms with van der Waals surface area (Å²) in [6.45, 7) is 1.98. The maximum atomic E-state index is 12.0. The Morgan fingerprint density at radius 2 is 2.04 bits per heavy atom. The average Bonchev–Trinajstić information content (AvgIpc) is 2.53. The molecule has 1 amide bonds. The molecule has 3 N–H and O–H groups in total. The van der Waals surface area contributed by atoms with Crippen molar-refractivity contribution in [3.05, 3.63) is 33.8 Å². The second-order valence-corrected chi connectivity index (χ2v) is 6.45. The van der Waals surface area contributed by atoms with Gasteiger partial charge in [0, 0.05) is 29.8 Å². The van der Waals surface area contributed by atoms with Gasteiger partial charge in [-0.15, -0.1) is 12.4 Å². The average molecular weight is 382 g/mol. The molecule has 1 unspecified atom stereocenters. The zero-order chi connectivity index (χ0) is 15.9. The zero-order valence-electron chi connectivity index (χ0n) is 12.9. The van der Waals surface area contributed by atoms with Crippen LogP contribution in [0.4, 0.5) is 0 Å². The lowest BCUT2D eigenvalue weighted by molar-refractivity contribution is -0.124. The largest absolute Gasteiger partial charge is 0.381 e. The molecule has 0 aromatic heterocycles. The molecule has 4 nitrogen and oxygen atoms in total. The number of benzene rings is 1. The van der Waals surface area contributed by atoms with Gasteiger partial charge < -0.3 is 15.8 Å². The summed E-state index contributed by atoms with van der Waals surface area (Å²) in [5, 5.41) is 4.20. The van der Waals surface area contributed by atoms with E-state index in [1.54, 1.807) is 6.07 Å². The summed E-state index contributed by atoms with van der Waals surface area (Å²) in [7, 11) is 0. The Morgan fingerprint density at radius 1 is 1.35 bits per heavy atom. The van der Waals surface area contributed by atoms with E-state index < -0.39 is 6.04 Å². The molecule has 130 valence electrons. The molecule has 0 spiro atoms. The number of hydrogen-bond acceptors (Lipinski definition) is 3. The van der Waals surface area contributed by atoms with Crippen molar-refractivity contribution >= 4 is 41.5 Å². The second-order valence-electron chi connectivity index (χ2n) is 5.61. The molecule has 1 atom stereocenters. The van der Waals surface area contributed by atoms with Gasteiger partial charge in [0.2, 0.25) is 5.91 Å². The summed E-state index contributed by atoms with van der Waals surface area (Å²) in [4.78, 5) is 12.0. The minimum absolute atomic E-state index is 0. The van der Waals surface area contributed by atoms with Crippen LogP contribution in [0.1, 0.15) is 24.8 Å². The van der Waals surface area contributed by atoms with Crippen molar-refractivity contribution < 1.29 is 9.53 Å². The maximum absolute atomic E-state index is 12.0. The molecule has 1 aromatic carbocycles. The summed E-state index contributed by atoms with van der Waals surface area (Å²) in [5.41, 5.74) is 7.06. The molecule has 1 aliphatic heterocycles. The number of amides is 1. The minimum atomic E-state index is -0.442. The number of rotatable bonds is 6. The van der Waals surface area contributed by atoms with E-state index in [1.165, 1.54) is 0 Å². The predicted octanol–water partition coefficient (Wildman–Crippen LogP) is 3.22. The van der Waals surface area contributed by atoms with E-state index in [0.29, 0.717) is 29.8 Å². The second kappa shape index (κ2) is 10.4. The molecule has 1 aliphatic rings. The maximum Gasteiger partial charge on any atom is 0.237 e. The highest BCUT2D eigenvalue weighted by Gasteiger charge is 2.26. The van der Waals surface area contributed by atoms with E-state index in [2.05, 4.69) is 5.32 Å². The third-order valence-electron chi connectivity index (χ3n) is 4.01. The van der Waals surface area contributed by atoms with Crippen LogP contribution in [0.15, 0.2) is 18.2 Å². The van der Waals surface area contributed by atoms with Gasteiger partial charge in [0.25, 0.3) is 0 Å². The van der Waals surface area contributed by atoms with Crippen LogP contribution in [0.2, 0.25) is 10.0 Å². The quantitative estimate of drug-likeness (QED) is 0.744. The van der Waals surface area contributed by atoms with Crippen molar-refractivity contribution in [2.75, 3.05) is 19.8 Å². The summed E-state index contributed by atoms with van der Waals surface area (Å²) >= 11 is 12.0. The van der Waals surface area contributed by atoms with Crippen LogP contribution >= 0.6 is 35.6 Å². The predicted molar refractivity (Wildman–Crippen MR) is 96.6 cm³/mol. The molecule has 1 saturated heterocycles. The van der Waals surface area contributed by atoms with Crippen LogP contribution in [0.3, 0.4) is 0 Å². The Kier molecular flexibility index (Phi) is 9.25. The highest BCUT2D eigenvalue weighted by atomic mass is 35.5. The number of nitrogens with two attached hydrogens (primary N) is 1. The molecule has 0 aliphatic carbocycles. The number of aryl methyl sites for hydroxylation is 1. The molecular formula is C16H23Cl3N2O2. The fourth-order valence-corrected chi connectivity index (χ4v) is 3.12. The number of carbonyl (C=O) groups excluding carboxylic acids is 1. The lowest BCUT2D eigenvalue weighted by Crippen LogP contribution is -2.47. The van der Waals surface area contributed by atoms with E-state index in [-0.39, 0.29) is 24.2 Å². The van der Waals surface area contributed by atoms with Gasteiger partial charge in [-0.1, -0.05) is 29.3 Å². The number of ether oxygens (including phenoxy) is 1. The minimum Gasteiger partial charge on any atom is -0.381 e. The molecule has 0 saturated carbocycles. The van der Waals surface area contributed by atoms with Crippen molar-refractivity contribution in [3.8, 4) is 0 Å². The molecule has 1 heterocycles. The van der Waals surface area contributed by atoms with Gasteiger partial charge in [-0.25, -0.2) is 0 Å². The number of hydrogen-bond donors (Lipinski definition) is 2. The first-order chi connectivity index (χ1) is 10.6. The van der Waals surface area contributed by atoms with Crippen LogP contribution in [0.25, 0.3) is 0 Å². The molecule has 7 heteroatoms. The first-order valence-corrected chi connectivity index (χ1v) is 8.38. The zero-order valence-corrected chi connectivity index (χ0v) is 15.2. The molecule has 0 bridgehead atoms. The first kappa shape index (κ1) is 20.5. The monoisotopic (exact) mass is 380 g/mol. The third kappa shape index (κ3) is 6.48. The Labute approximate surface area is 153 Å². The lowest BCUT2D eigenvalue weighted by Gasteiger charge is -2.26. The summed E-state index contributed by atoms with van der Waals surface area (Å²) in [6, 6.07) is 5.03. The molecule has 2 rings (SSSR count). The van der Waals surface area contributed by atoms with E-state index in [9.17, 15) is 4.79 Å². The van der Waals surface area contributed by atoms with E-state index in [1.807, 2.05) is 12.1 Å². The number of nitrogens with one attached hydrogen (secondary N) is 1. The van der Waals surface area contributed by atoms with Gasteiger partial charge in [-0.2, -0.15) is 0 Å². The van der Waals surface area contributed by atoms with Gasteiger partial charge in [-0.05, 0) is 49.3 Å². The van der Waals surface area contributed by atoms with Crippen LogP contribution in [-0.2, 0) is 16.0 Å². The standard InChI is InChI=1S/C16H22Cl2N2O2.ClH/c17-13-4-3-11(14(18)10-13)2-1-7-20-16(21)15(19)12-5-8-22-9-6-12;/h3-4,10,12,15H,1-2,5-9,19H2,(H,20,21);1H. The first-order valence-electron chi connectivity index (χ1n) is 7.63. The molecule has 0 radical (unpaired) electrons. The summed E-state index contributed by atoms with van der Waals surface area (Å²) in [6.07, 6.45) is 3.32. The van der Waals surface area contributed by atoms with E-state index >= 15 is 0 Å². The van der Waals surface area contributed by atoms with Crippen molar-refractivity contribution in [1.29, 1.82) is 0 Å². The Morgan fingerprint density at radius 3 is 2.70 bits per heavy atom. The molecule has 23 heavy (non-hydrogen) atoms. The number of carbonyl (C=O) groups is 1. The van der Waals surface area contributed by atoms with Crippen molar-refractivity contribution in [2.45, 2.75) is 31.7 Å². The topological polar surface area (TPSA) is 64.4 Å². The van der Waals surface area contributed by atoms with Crippen molar-refractivity contribution in [1.82, 2.24) is 5.32 Å². The van der Waals surface area contributed by atoms with Crippen LogP contribution in [0, 0.1) is 5.92 Å². The van der Waals surface area contributed by atoms with Crippen LogP contribution in [0.5, 0.6) is 0 Å². The van der Waals surface area contributed by atoms with E-state index in [4.69, 9.17) is 33.7 Å². The van der Waals surface area contributed by atoms with Crippen LogP contribution < -0.4 is 11.1 Å². The summed E-state index contributed by atoms with van der Waals surface area (Å²) < 4.78 is 5.29. The highest BCUT2D eigenvalue weighted by Crippen LogP contribution is 2.22. The Balaban J connectivity index is 0.00000264. The van der Waals surface area contributed by atoms with Gasteiger partial charge in [0.1, 0.15) is 0 Å². The fourth-order valence-electron chi connectivity index (χ4n) is 2.62. The number of halogens is 3. The SMILES string of the molecule is Cl.NC(C(=O)NCCCc1ccc(Cl)cc1Cl)C1CCOCC1. The third-order valence-corrected chi connectivity index (χ3v) is 4.60. The Hall–Kier alpha value is -0.520. The van der Waals surface area contributed by atoms with Gasteiger partial charge in [0.15, 0.2) is 0 Å². The normalized spacial score (nSPS) is 16.5. The smallest absolute Gasteiger partial charge is 0.237 e. The van der Waals surface area contributed by atoms with Crippen molar-refractivity contribution in [3.63, 3.8) is 0 Å². The van der Waals surface area contributed by atoms with Gasteiger partial charge in [-0.3, -0.25) is 4.79 Å². The molecule has 1 aromatic rings. The fraction of sp³-hybridized carbons (Fsp3) is 0.562. The van der Waals surface area contributed by atoms with E-state index in [0.717, 1.165) is 31.2 Å².